The van der Waals surface area contributed by atoms with Gasteiger partial charge in [0, 0.05) is 11.9 Å². The first-order valence-corrected chi connectivity index (χ1v) is 6.43. The number of carboxylic acids is 1. The van der Waals surface area contributed by atoms with E-state index in [9.17, 15) is 9.59 Å². The van der Waals surface area contributed by atoms with Gasteiger partial charge in [0.15, 0.2) is 5.75 Å². The number of carbonyl (C=O) groups excluding carboxylic acids is 1. The lowest BCUT2D eigenvalue weighted by Gasteiger charge is -2.21. The van der Waals surface area contributed by atoms with Crippen molar-refractivity contribution in [3.63, 3.8) is 0 Å². The highest BCUT2D eigenvalue weighted by Gasteiger charge is 2.16. The molecular formula is C15H12ClNO4. The van der Waals surface area contributed by atoms with E-state index in [0.717, 1.165) is 5.06 Å². The van der Waals surface area contributed by atoms with E-state index in [1.807, 2.05) is 0 Å². The van der Waals surface area contributed by atoms with E-state index in [0.29, 0.717) is 16.5 Å². The van der Waals surface area contributed by atoms with Crippen molar-refractivity contribution in [3.05, 3.63) is 59.1 Å². The number of nitrogens with zero attached hydrogens (tertiary/aromatic N) is 1. The summed E-state index contributed by atoms with van der Waals surface area (Å²) in [6.45, 7) is 1.32. The number of hydrogen-bond donors (Lipinski definition) is 1. The van der Waals surface area contributed by atoms with Crippen LogP contribution in [0, 0.1) is 0 Å². The molecule has 0 radical (unpaired) electrons. The van der Waals surface area contributed by atoms with Gasteiger partial charge in [-0.15, -0.1) is 5.06 Å². The average Bonchev–Trinajstić information content (AvgIpc) is 2.46. The number of hydroxylamine groups is 1. The Balaban J connectivity index is 2.31. The smallest absolute Gasteiger partial charge is 0.335 e. The maximum absolute atomic E-state index is 11.7. The summed E-state index contributed by atoms with van der Waals surface area (Å²) in [5, 5.41) is 10.6. The standard InChI is InChI=1S/C15H12ClNO4/c1-10(18)17(21-14-7-5-12(16)6-8-14)13-4-2-3-11(9-13)15(19)20/h2-9H,1H3,(H,19,20). The van der Waals surface area contributed by atoms with Gasteiger partial charge in [-0.3, -0.25) is 4.79 Å². The molecule has 0 atom stereocenters. The molecule has 0 saturated heterocycles. The van der Waals surface area contributed by atoms with Crippen LogP contribution in [0.5, 0.6) is 5.75 Å². The van der Waals surface area contributed by atoms with E-state index in [1.165, 1.54) is 19.1 Å². The van der Waals surface area contributed by atoms with Crippen molar-refractivity contribution >= 4 is 29.2 Å². The van der Waals surface area contributed by atoms with Crippen molar-refractivity contribution in [1.82, 2.24) is 0 Å². The summed E-state index contributed by atoms with van der Waals surface area (Å²) in [7, 11) is 0. The monoisotopic (exact) mass is 305 g/mol. The highest BCUT2D eigenvalue weighted by Crippen LogP contribution is 2.21. The van der Waals surface area contributed by atoms with Crippen molar-refractivity contribution in [2.45, 2.75) is 6.92 Å². The number of rotatable bonds is 4. The summed E-state index contributed by atoms with van der Waals surface area (Å²) in [6.07, 6.45) is 0. The minimum atomic E-state index is -1.08. The molecule has 108 valence electrons. The molecule has 0 saturated carbocycles. The summed E-state index contributed by atoms with van der Waals surface area (Å²) in [5.74, 6) is -1.05. The highest BCUT2D eigenvalue weighted by molar-refractivity contribution is 6.30. The Morgan fingerprint density at radius 1 is 1.14 bits per heavy atom. The van der Waals surface area contributed by atoms with Gasteiger partial charge in [0.05, 0.1) is 11.3 Å². The van der Waals surface area contributed by atoms with Gasteiger partial charge < -0.3 is 9.94 Å². The van der Waals surface area contributed by atoms with Gasteiger partial charge in [0.2, 0.25) is 0 Å². The molecule has 6 heteroatoms. The summed E-state index contributed by atoms with van der Waals surface area (Å²) in [5.41, 5.74) is 0.399. The van der Waals surface area contributed by atoms with Crippen LogP contribution in [0.15, 0.2) is 48.5 Å². The van der Waals surface area contributed by atoms with Crippen molar-refractivity contribution < 1.29 is 19.5 Å². The second kappa shape index (κ2) is 6.28. The fraction of sp³-hybridized carbons (Fsp3) is 0.0667. The van der Waals surface area contributed by atoms with Crippen LogP contribution >= 0.6 is 11.6 Å². The molecule has 1 amide bonds. The number of aromatic carboxylic acids is 1. The molecule has 0 bridgehead atoms. The first-order chi connectivity index (χ1) is 9.97. The summed E-state index contributed by atoms with van der Waals surface area (Å²) in [4.78, 5) is 28.2. The Labute approximate surface area is 126 Å². The first kappa shape index (κ1) is 14.9. The molecule has 0 aliphatic carbocycles. The predicted molar refractivity (Wildman–Crippen MR) is 78.6 cm³/mol. The Bertz CT molecular complexity index is 670. The summed E-state index contributed by atoms with van der Waals surface area (Å²) < 4.78 is 0. The second-order valence-electron chi connectivity index (χ2n) is 4.21. The first-order valence-electron chi connectivity index (χ1n) is 6.05. The zero-order valence-corrected chi connectivity index (χ0v) is 11.9. The lowest BCUT2D eigenvalue weighted by molar-refractivity contribution is -0.120. The van der Waals surface area contributed by atoms with E-state index < -0.39 is 5.97 Å². The molecule has 2 aromatic rings. The molecule has 0 aromatic heterocycles. The van der Waals surface area contributed by atoms with Gasteiger partial charge in [-0.25, -0.2) is 4.79 Å². The van der Waals surface area contributed by atoms with E-state index in [4.69, 9.17) is 21.5 Å². The molecule has 0 aliphatic rings. The van der Waals surface area contributed by atoms with E-state index in [-0.39, 0.29) is 11.5 Å². The molecule has 0 heterocycles. The van der Waals surface area contributed by atoms with Crippen molar-refractivity contribution in [2.75, 3.05) is 5.06 Å². The molecule has 0 spiro atoms. The molecule has 0 aliphatic heterocycles. The number of halogens is 1. The molecule has 5 nitrogen and oxygen atoms in total. The maximum Gasteiger partial charge on any atom is 0.335 e. The molecule has 0 unspecified atom stereocenters. The van der Waals surface area contributed by atoms with Crippen LogP contribution in [0.3, 0.4) is 0 Å². The van der Waals surface area contributed by atoms with Gasteiger partial charge >= 0.3 is 5.97 Å². The SMILES string of the molecule is CC(=O)N(Oc1ccc(Cl)cc1)c1cccc(C(=O)O)c1. The zero-order valence-electron chi connectivity index (χ0n) is 11.1. The number of anilines is 1. The largest absolute Gasteiger partial charge is 0.478 e. The van der Waals surface area contributed by atoms with Gasteiger partial charge in [0.1, 0.15) is 0 Å². The normalized spacial score (nSPS) is 10.0. The zero-order chi connectivity index (χ0) is 15.4. The van der Waals surface area contributed by atoms with Crippen LogP contribution in [0.4, 0.5) is 5.69 Å². The maximum atomic E-state index is 11.7. The van der Waals surface area contributed by atoms with Gasteiger partial charge in [-0.1, -0.05) is 17.7 Å². The van der Waals surface area contributed by atoms with Gasteiger partial charge in [0.25, 0.3) is 5.91 Å². The average molecular weight is 306 g/mol. The molecule has 21 heavy (non-hydrogen) atoms. The molecular weight excluding hydrogens is 294 g/mol. The third kappa shape index (κ3) is 3.73. The van der Waals surface area contributed by atoms with Gasteiger partial charge in [-0.05, 0) is 42.5 Å². The third-order valence-electron chi connectivity index (χ3n) is 2.62. The van der Waals surface area contributed by atoms with Gasteiger partial charge in [-0.2, -0.15) is 0 Å². The Morgan fingerprint density at radius 2 is 1.81 bits per heavy atom. The van der Waals surface area contributed by atoms with E-state index >= 15 is 0 Å². The Hall–Kier alpha value is -2.53. The summed E-state index contributed by atoms with van der Waals surface area (Å²) in [6, 6.07) is 12.4. The minimum absolute atomic E-state index is 0.0680. The van der Waals surface area contributed by atoms with Crippen molar-refractivity contribution in [2.24, 2.45) is 0 Å². The van der Waals surface area contributed by atoms with Crippen molar-refractivity contribution in [1.29, 1.82) is 0 Å². The Kier molecular flexibility index (Phi) is 4.45. The number of carboxylic acid groups (broad SMARTS) is 1. The van der Waals surface area contributed by atoms with E-state index in [2.05, 4.69) is 0 Å². The molecule has 2 aromatic carbocycles. The fourth-order valence-corrected chi connectivity index (χ4v) is 1.79. The second-order valence-corrected chi connectivity index (χ2v) is 4.65. The number of carbonyl (C=O) groups is 2. The molecule has 2 rings (SSSR count). The molecule has 1 N–H and O–H groups in total. The van der Waals surface area contributed by atoms with E-state index in [1.54, 1.807) is 36.4 Å². The predicted octanol–water partition coefficient (Wildman–Crippen LogP) is 3.39. The molecule has 0 fully saturated rings. The van der Waals surface area contributed by atoms with Crippen LogP contribution < -0.4 is 9.90 Å². The number of hydrogen-bond acceptors (Lipinski definition) is 3. The van der Waals surface area contributed by atoms with Crippen LogP contribution in [0.25, 0.3) is 0 Å². The lowest BCUT2D eigenvalue weighted by atomic mass is 10.2. The fourth-order valence-electron chi connectivity index (χ4n) is 1.66. The Morgan fingerprint density at radius 3 is 2.38 bits per heavy atom. The third-order valence-corrected chi connectivity index (χ3v) is 2.88. The quantitative estimate of drug-likeness (QED) is 0.879. The number of amides is 1. The summed E-state index contributed by atoms with van der Waals surface area (Å²) >= 11 is 5.78. The lowest BCUT2D eigenvalue weighted by Crippen LogP contribution is -2.32. The minimum Gasteiger partial charge on any atom is -0.478 e. The highest BCUT2D eigenvalue weighted by atomic mass is 35.5. The van der Waals surface area contributed by atoms with Crippen molar-refractivity contribution in [3.8, 4) is 5.75 Å². The van der Waals surface area contributed by atoms with Crippen LogP contribution in [0.2, 0.25) is 5.02 Å². The van der Waals surface area contributed by atoms with Crippen LogP contribution in [0.1, 0.15) is 17.3 Å². The topological polar surface area (TPSA) is 66.8 Å². The number of benzene rings is 2. The van der Waals surface area contributed by atoms with Crippen LogP contribution in [-0.2, 0) is 4.79 Å². The van der Waals surface area contributed by atoms with Crippen LogP contribution in [-0.4, -0.2) is 17.0 Å².